The number of nitrogens with zero attached hydrogens (tertiary/aromatic N) is 1. The molecular formula is C43H50N4O8. The van der Waals surface area contributed by atoms with Crippen molar-refractivity contribution in [3.8, 4) is 5.75 Å². The molecule has 0 radical (unpaired) electrons. The van der Waals surface area contributed by atoms with Gasteiger partial charge < -0.3 is 30.9 Å². The fourth-order valence-electron chi connectivity index (χ4n) is 5.76. The number of rotatable bonds is 15. The van der Waals surface area contributed by atoms with E-state index in [4.69, 9.17) is 15.2 Å². The monoisotopic (exact) mass is 750 g/mol. The summed E-state index contributed by atoms with van der Waals surface area (Å²) in [5.41, 5.74) is 7.47. The number of alkyl carbamates (subject to hydrolysis) is 1. The van der Waals surface area contributed by atoms with Crippen LogP contribution in [0.1, 0.15) is 68.1 Å². The van der Waals surface area contributed by atoms with E-state index in [1.54, 1.807) is 75.4 Å². The van der Waals surface area contributed by atoms with E-state index < -0.39 is 53.5 Å². The van der Waals surface area contributed by atoms with Crippen LogP contribution in [0.2, 0.25) is 0 Å². The highest BCUT2D eigenvalue weighted by molar-refractivity contribution is 6.09. The molecule has 0 aliphatic carbocycles. The molecule has 0 saturated heterocycles. The van der Waals surface area contributed by atoms with Crippen LogP contribution in [0, 0.1) is 5.92 Å². The van der Waals surface area contributed by atoms with Crippen molar-refractivity contribution in [2.45, 2.75) is 84.2 Å². The molecule has 0 bridgehead atoms. The third-order valence-electron chi connectivity index (χ3n) is 8.40. The standard InChI is InChI=1S/C43H50N4O8/c1-28(2)24-36(41(52)54-27-31-12-8-6-9-13-31)45-38(49)37(26-30-16-20-33(44)21-17-30)47(39(50)32-14-10-7-11-15-32)40(51)35(46-42(53)55-43(3,4)5)25-29-18-22-34(48)23-19-29/h6-23,28,35-37,48H,24-27,44H2,1-5H3,(H,45,49)(H,46,53)/t35-,36-,37-/m0/s1. The first kappa shape index (κ1) is 41.6. The minimum atomic E-state index is -1.52. The van der Waals surface area contributed by atoms with Crippen molar-refractivity contribution >= 4 is 35.5 Å². The van der Waals surface area contributed by atoms with E-state index in [0.29, 0.717) is 16.8 Å². The molecular weight excluding hydrogens is 700 g/mol. The maximum atomic E-state index is 15.0. The number of nitrogen functional groups attached to an aromatic ring is 1. The maximum absolute atomic E-state index is 15.0. The second-order valence-corrected chi connectivity index (χ2v) is 14.7. The van der Waals surface area contributed by atoms with Gasteiger partial charge in [0.1, 0.15) is 36.1 Å². The number of esters is 1. The molecule has 5 N–H and O–H groups in total. The van der Waals surface area contributed by atoms with Gasteiger partial charge in [-0.1, -0.05) is 86.6 Å². The lowest BCUT2D eigenvalue weighted by Gasteiger charge is -2.34. The smallest absolute Gasteiger partial charge is 0.408 e. The minimum Gasteiger partial charge on any atom is -0.508 e. The van der Waals surface area contributed by atoms with Crippen LogP contribution in [-0.4, -0.2) is 63.5 Å². The zero-order chi connectivity index (χ0) is 40.1. The number of carbonyl (C=O) groups is 5. The molecule has 0 aliphatic heterocycles. The normalized spacial score (nSPS) is 12.8. The molecule has 12 nitrogen and oxygen atoms in total. The van der Waals surface area contributed by atoms with Crippen LogP contribution in [0.3, 0.4) is 0 Å². The molecule has 0 aliphatic rings. The number of hydrogen-bond donors (Lipinski definition) is 4. The number of phenolic OH excluding ortho intramolecular Hbond substituents is 1. The highest BCUT2D eigenvalue weighted by Crippen LogP contribution is 2.21. The Labute approximate surface area is 322 Å². The Morgan fingerprint density at radius 3 is 1.87 bits per heavy atom. The summed E-state index contributed by atoms with van der Waals surface area (Å²) >= 11 is 0. The van der Waals surface area contributed by atoms with Crippen LogP contribution < -0.4 is 16.4 Å². The molecule has 0 heterocycles. The Morgan fingerprint density at radius 2 is 1.29 bits per heavy atom. The molecule has 0 fully saturated rings. The van der Waals surface area contributed by atoms with Gasteiger partial charge in [-0.15, -0.1) is 0 Å². The van der Waals surface area contributed by atoms with Gasteiger partial charge in [0.05, 0.1) is 0 Å². The third kappa shape index (κ3) is 13.0. The Morgan fingerprint density at radius 1 is 0.727 bits per heavy atom. The van der Waals surface area contributed by atoms with Crippen LogP contribution in [-0.2, 0) is 43.3 Å². The number of phenols is 1. The molecule has 0 spiro atoms. The molecule has 0 saturated carbocycles. The van der Waals surface area contributed by atoms with E-state index in [2.05, 4.69) is 10.6 Å². The van der Waals surface area contributed by atoms with E-state index in [0.717, 1.165) is 10.5 Å². The van der Waals surface area contributed by atoms with Gasteiger partial charge in [0, 0.05) is 24.1 Å². The molecule has 290 valence electrons. The van der Waals surface area contributed by atoms with E-state index in [9.17, 15) is 29.1 Å². The van der Waals surface area contributed by atoms with Gasteiger partial charge in [-0.2, -0.15) is 0 Å². The summed E-state index contributed by atoms with van der Waals surface area (Å²) in [6.07, 6.45) is -1.01. The summed E-state index contributed by atoms with van der Waals surface area (Å²) in [7, 11) is 0. The molecule has 4 amide bonds. The Bertz CT molecular complexity index is 1890. The number of carbonyl (C=O) groups excluding carboxylic acids is 5. The van der Waals surface area contributed by atoms with Crippen molar-refractivity contribution in [1.82, 2.24) is 15.5 Å². The highest BCUT2D eigenvalue weighted by atomic mass is 16.6. The number of nitrogens with two attached hydrogens (primary N) is 1. The lowest BCUT2D eigenvalue weighted by Crippen LogP contribution is -2.60. The molecule has 4 aromatic rings. The average molecular weight is 751 g/mol. The summed E-state index contributed by atoms with van der Waals surface area (Å²) in [6.45, 7) is 8.76. The van der Waals surface area contributed by atoms with Gasteiger partial charge in [0.25, 0.3) is 11.8 Å². The van der Waals surface area contributed by atoms with Crippen molar-refractivity contribution in [3.05, 3.63) is 131 Å². The Hall–Kier alpha value is -6.17. The summed E-state index contributed by atoms with van der Waals surface area (Å²) in [6, 6.07) is 25.7. The first-order valence-electron chi connectivity index (χ1n) is 18.1. The van der Waals surface area contributed by atoms with E-state index in [1.165, 1.54) is 24.3 Å². The Balaban J connectivity index is 1.80. The maximum Gasteiger partial charge on any atom is 0.408 e. The van der Waals surface area contributed by atoms with Crippen molar-refractivity contribution < 1.29 is 38.6 Å². The predicted molar refractivity (Wildman–Crippen MR) is 209 cm³/mol. The Kier molecular flexibility index (Phi) is 14.5. The second-order valence-electron chi connectivity index (χ2n) is 14.7. The van der Waals surface area contributed by atoms with Gasteiger partial charge in [-0.05, 0) is 86.2 Å². The fraction of sp³-hybridized carbons (Fsp3) is 0.326. The van der Waals surface area contributed by atoms with Crippen LogP contribution in [0.25, 0.3) is 0 Å². The van der Waals surface area contributed by atoms with E-state index in [1.807, 2.05) is 44.2 Å². The van der Waals surface area contributed by atoms with Crippen molar-refractivity contribution in [1.29, 1.82) is 0 Å². The average Bonchev–Trinajstić information content (AvgIpc) is 3.14. The summed E-state index contributed by atoms with van der Waals surface area (Å²) in [5.74, 6) is -3.25. The molecule has 55 heavy (non-hydrogen) atoms. The number of anilines is 1. The van der Waals surface area contributed by atoms with Crippen LogP contribution >= 0.6 is 0 Å². The third-order valence-corrected chi connectivity index (χ3v) is 8.40. The number of hydrogen-bond acceptors (Lipinski definition) is 9. The zero-order valence-corrected chi connectivity index (χ0v) is 31.9. The lowest BCUT2D eigenvalue weighted by atomic mass is 9.98. The van der Waals surface area contributed by atoms with Gasteiger partial charge in [0.15, 0.2) is 0 Å². The number of benzene rings is 4. The number of nitrogens with one attached hydrogen (secondary N) is 2. The molecule has 0 unspecified atom stereocenters. The fourth-order valence-corrected chi connectivity index (χ4v) is 5.76. The highest BCUT2D eigenvalue weighted by Gasteiger charge is 2.41. The summed E-state index contributed by atoms with van der Waals surface area (Å²) < 4.78 is 11.1. The van der Waals surface area contributed by atoms with Gasteiger partial charge in [-0.25, -0.2) is 9.59 Å². The number of ether oxygens (including phenoxy) is 2. The quantitative estimate of drug-likeness (QED) is 0.0843. The molecule has 3 atom stereocenters. The molecule has 12 heteroatoms. The number of imide groups is 1. The van der Waals surface area contributed by atoms with Crippen LogP contribution in [0.4, 0.5) is 10.5 Å². The van der Waals surface area contributed by atoms with Gasteiger partial charge >= 0.3 is 12.1 Å². The first-order chi connectivity index (χ1) is 26.1. The molecule has 4 rings (SSSR count). The van der Waals surface area contributed by atoms with Crippen LogP contribution in [0.5, 0.6) is 5.75 Å². The van der Waals surface area contributed by atoms with E-state index in [-0.39, 0.29) is 43.1 Å². The van der Waals surface area contributed by atoms with Crippen LogP contribution in [0.15, 0.2) is 109 Å². The SMILES string of the molecule is CC(C)C[C@H](NC(=O)[C@H](Cc1ccc(N)cc1)N(C(=O)c1ccccc1)C(=O)[C@H](Cc1ccc(O)cc1)NC(=O)OC(C)(C)C)C(=O)OCc1ccccc1. The van der Waals surface area contributed by atoms with Gasteiger partial charge in [-0.3, -0.25) is 19.3 Å². The minimum absolute atomic E-state index is 0.00825. The molecule has 4 aromatic carbocycles. The van der Waals surface area contributed by atoms with Crippen molar-refractivity contribution in [3.63, 3.8) is 0 Å². The van der Waals surface area contributed by atoms with Crippen molar-refractivity contribution in [2.75, 3.05) is 5.73 Å². The van der Waals surface area contributed by atoms with E-state index >= 15 is 0 Å². The lowest BCUT2D eigenvalue weighted by molar-refractivity contribution is -0.150. The largest absolute Gasteiger partial charge is 0.508 e. The number of amides is 4. The van der Waals surface area contributed by atoms with Gasteiger partial charge in [0.2, 0.25) is 5.91 Å². The summed E-state index contributed by atoms with van der Waals surface area (Å²) in [4.78, 5) is 71.8. The summed E-state index contributed by atoms with van der Waals surface area (Å²) in [5, 5.41) is 15.3. The number of aromatic hydroxyl groups is 1. The first-order valence-corrected chi connectivity index (χ1v) is 18.1. The predicted octanol–water partition coefficient (Wildman–Crippen LogP) is 5.96. The topological polar surface area (TPSA) is 177 Å². The zero-order valence-electron chi connectivity index (χ0n) is 31.9. The second kappa shape index (κ2) is 19.2. The molecule has 0 aromatic heterocycles. The van der Waals surface area contributed by atoms with Crippen molar-refractivity contribution in [2.24, 2.45) is 5.92 Å².